The molecule has 150 valence electrons. The number of ether oxygens (including phenoxy) is 1. The van der Waals surface area contributed by atoms with Gasteiger partial charge in [0.05, 0.1) is 0 Å². The number of aromatic hydroxyl groups is 1. The normalized spacial score (nSPS) is 13.8. The van der Waals surface area contributed by atoms with Crippen LogP contribution in [0.4, 0.5) is 5.69 Å². The van der Waals surface area contributed by atoms with Crippen molar-refractivity contribution in [3.8, 4) is 17.2 Å². The second-order valence-corrected chi connectivity index (χ2v) is 8.80. The lowest BCUT2D eigenvalue weighted by Gasteiger charge is -2.16. The molecule has 3 aromatic rings. The first-order valence-electron chi connectivity index (χ1n) is 9.80. The number of hydrogen-bond acceptors (Lipinski definition) is 3. The number of benzene rings is 3. The summed E-state index contributed by atoms with van der Waals surface area (Å²) in [6.45, 7) is 6.18. The van der Waals surface area contributed by atoms with Crippen molar-refractivity contribution in [1.29, 1.82) is 0 Å². The number of nitrogens with one attached hydrogen (secondary N) is 1. The molecule has 29 heavy (non-hydrogen) atoms. The Hall–Kier alpha value is -2.79. The molecule has 0 saturated carbocycles. The predicted octanol–water partition coefficient (Wildman–Crippen LogP) is 5.73. The van der Waals surface area contributed by atoms with Crippen LogP contribution in [0.2, 0.25) is 0 Å². The molecule has 0 fully saturated rings. The highest BCUT2D eigenvalue weighted by atomic mass is 32.2. The number of anilines is 1. The molecule has 0 heterocycles. The van der Waals surface area contributed by atoms with Gasteiger partial charge in [0.15, 0.2) is 11.0 Å². The molecule has 1 aliphatic carbocycles. The van der Waals surface area contributed by atoms with E-state index in [9.17, 15) is 9.32 Å². The largest absolute Gasteiger partial charge is 0.507 e. The monoisotopic (exact) mass is 407 g/mol. The molecular weight excluding hydrogens is 382 g/mol. The number of phenolic OH excluding ortho intramolecular Hbond substituents is 1. The summed E-state index contributed by atoms with van der Waals surface area (Å²) in [5, 5.41) is 10.3. The number of phenols is 1. The van der Waals surface area contributed by atoms with Crippen molar-refractivity contribution in [3.63, 3.8) is 0 Å². The molecular formula is C24H25NO3S. The first-order chi connectivity index (χ1) is 13.9. The molecule has 0 bridgehead atoms. The van der Waals surface area contributed by atoms with Gasteiger partial charge < -0.3 is 14.6 Å². The summed E-state index contributed by atoms with van der Waals surface area (Å²) in [6, 6.07) is 14.7. The summed E-state index contributed by atoms with van der Waals surface area (Å²) in [5.41, 5.74) is 6.87. The van der Waals surface area contributed by atoms with E-state index < -0.39 is 11.0 Å². The van der Waals surface area contributed by atoms with Gasteiger partial charge in [-0.25, -0.2) is 4.21 Å². The Morgan fingerprint density at radius 3 is 2.55 bits per heavy atom. The maximum Gasteiger partial charge on any atom is 0.154 e. The molecule has 1 unspecified atom stereocenters. The number of fused-ring (bicyclic) bond motifs is 1. The van der Waals surface area contributed by atoms with Gasteiger partial charge >= 0.3 is 0 Å². The van der Waals surface area contributed by atoms with Gasteiger partial charge in [0, 0.05) is 11.8 Å². The van der Waals surface area contributed by atoms with Crippen LogP contribution in [0.25, 0.3) is 0 Å². The van der Waals surface area contributed by atoms with Crippen LogP contribution >= 0.6 is 0 Å². The molecule has 0 amide bonds. The van der Waals surface area contributed by atoms with E-state index in [0.717, 1.165) is 41.8 Å². The first kappa shape index (κ1) is 19.5. The third-order valence-electron chi connectivity index (χ3n) is 5.34. The predicted molar refractivity (Wildman–Crippen MR) is 117 cm³/mol. The molecule has 3 aromatic carbocycles. The zero-order valence-corrected chi connectivity index (χ0v) is 17.7. The minimum atomic E-state index is -1.61. The van der Waals surface area contributed by atoms with E-state index in [0.29, 0.717) is 10.6 Å². The fourth-order valence-electron chi connectivity index (χ4n) is 3.98. The van der Waals surface area contributed by atoms with Crippen LogP contribution < -0.4 is 9.46 Å². The van der Waals surface area contributed by atoms with Gasteiger partial charge in [0.1, 0.15) is 22.1 Å². The van der Waals surface area contributed by atoms with E-state index in [1.54, 1.807) is 12.1 Å². The Morgan fingerprint density at radius 1 is 0.966 bits per heavy atom. The van der Waals surface area contributed by atoms with E-state index in [1.165, 1.54) is 22.8 Å². The summed E-state index contributed by atoms with van der Waals surface area (Å²) in [5.74, 6) is 1.43. The molecule has 0 radical (unpaired) electrons. The third-order valence-corrected chi connectivity index (χ3v) is 6.49. The van der Waals surface area contributed by atoms with E-state index in [-0.39, 0.29) is 5.75 Å². The summed E-state index contributed by atoms with van der Waals surface area (Å²) < 4.78 is 22.0. The lowest BCUT2D eigenvalue weighted by molar-refractivity contribution is 0.448. The topological polar surface area (TPSA) is 58.6 Å². The Morgan fingerprint density at radius 2 is 1.76 bits per heavy atom. The van der Waals surface area contributed by atoms with E-state index in [4.69, 9.17) is 4.74 Å². The zero-order valence-electron chi connectivity index (χ0n) is 16.9. The lowest BCUT2D eigenvalue weighted by atomic mass is 10.00. The molecule has 1 atom stereocenters. The molecule has 2 N–H and O–H groups in total. The number of rotatable bonds is 5. The molecule has 0 aliphatic heterocycles. The maximum atomic E-state index is 12.8. The highest BCUT2D eigenvalue weighted by molar-refractivity contribution is 7.86. The van der Waals surface area contributed by atoms with Gasteiger partial charge in [-0.1, -0.05) is 18.2 Å². The number of hydrogen-bond donors (Lipinski definition) is 2. The second-order valence-electron chi connectivity index (χ2n) is 7.62. The van der Waals surface area contributed by atoms with Crippen molar-refractivity contribution in [2.45, 2.75) is 44.9 Å². The van der Waals surface area contributed by atoms with Gasteiger partial charge in [-0.3, -0.25) is 0 Å². The van der Waals surface area contributed by atoms with Gasteiger partial charge in [0.2, 0.25) is 0 Å². The van der Waals surface area contributed by atoms with Crippen molar-refractivity contribution in [3.05, 3.63) is 76.3 Å². The summed E-state index contributed by atoms with van der Waals surface area (Å²) >= 11 is 0. The van der Waals surface area contributed by atoms with Gasteiger partial charge in [0.25, 0.3) is 0 Å². The van der Waals surface area contributed by atoms with Crippen molar-refractivity contribution < 1.29 is 14.1 Å². The van der Waals surface area contributed by atoms with Crippen LogP contribution in [0.5, 0.6) is 17.2 Å². The Balaban J connectivity index is 1.63. The summed E-state index contributed by atoms with van der Waals surface area (Å²) in [7, 11) is -1.61. The van der Waals surface area contributed by atoms with Gasteiger partial charge in [-0.2, -0.15) is 0 Å². The quantitative estimate of drug-likeness (QED) is 0.567. The first-order valence-corrected chi connectivity index (χ1v) is 11.0. The standard InChI is InChI=1S/C24H25NO3S/c1-15-6-4-7-18(12-15)25-29(27)23-14-19(10-11-22(23)26)28-24-17(3)13-16(2)20-8-5-9-21(20)24/h4,6-7,10-14,25-26H,5,8-9H2,1-3H3. The van der Waals surface area contributed by atoms with Crippen LogP contribution in [0, 0.1) is 20.8 Å². The minimum absolute atomic E-state index is 0.0262. The Labute approximate surface area is 174 Å². The minimum Gasteiger partial charge on any atom is -0.507 e. The molecule has 0 saturated heterocycles. The highest BCUT2D eigenvalue weighted by Crippen LogP contribution is 2.39. The molecule has 4 nitrogen and oxygen atoms in total. The molecule has 0 spiro atoms. The lowest BCUT2D eigenvalue weighted by Crippen LogP contribution is -2.05. The fraction of sp³-hybridized carbons (Fsp3) is 0.250. The molecule has 4 rings (SSSR count). The van der Waals surface area contributed by atoms with Crippen LogP contribution in [-0.2, 0) is 23.8 Å². The Bertz CT molecular complexity index is 1110. The zero-order chi connectivity index (χ0) is 20.5. The molecule has 5 heteroatoms. The second kappa shape index (κ2) is 7.91. The summed E-state index contributed by atoms with van der Waals surface area (Å²) in [4.78, 5) is 0.297. The SMILES string of the molecule is Cc1cccc(NS(=O)c2cc(Oc3c(C)cc(C)c4c3CCC4)ccc2O)c1. The third kappa shape index (κ3) is 4.01. The average molecular weight is 408 g/mol. The van der Waals surface area contributed by atoms with Crippen LogP contribution in [-0.4, -0.2) is 9.32 Å². The van der Waals surface area contributed by atoms with Crippen LogP contribution in [0.3, 0.4) is 0 Å². The van der Waals surface area contributed by atoms with E-state index >= 15 is 0 Å². The van der Waals surface area contributed by atoms with E-state index in [2.05, 4.69) is 24.6 Å². The maximum absolute atomic E-state index is 12.8. The van der Waals surface area contributed by atoms with Crippen LogP contribution in [0.1, 0.15) is 34.2 Å². The fourth-order valence-corrected chi connectivity index (χ4v) is 4.91. The van der Waals surface area contributed by atoms with Crippen molar-refractivity contribution in [1.82, 2.24) is 0 Å². The van der Waals surface area contributed by atoms with Crippen molar-refractivity contribution >= 4 is 16.7 Å². The number of aryl methyl sites for hydroxylation is 3. The molecule has 1 aliphatic rings. The highest BCUT2D eigenvalue weighted by Gasteiger charge is 2.21. The van der Waals surface area contributed by atoms with Crippen molar-refractivity contribution in [2.75, 3.05) is 4.72 Å². The Kier molecular flexibility index (Phi) is 5.33. The van der Waals surface area contributed by atoms with Gasteiger partial charge in [-0.15, -0.1) is 0 Å². The van der Waals surface area contributed by atoms with Gasteiger partial charge in [-0.05, 0) is 92.1 Å². The van der Waals surface area contributed by atoms with E-state index in [1.807, 2.05) is 31.2 Å². The molecule has 0 aromatic heterocycles. The average Bonchev–Trinajstić information content (AvgIpc) is 3.16. The van der Waals surface area contributed by atoms with Crippen molar-refractivity contribution in [2.24, 2.45) is 0 Å². The summed E-state index contributed by atoms with van der Waals surface area (Å²) in [6.07, 6.45) is 3.24. The van der Waals surface area contributed by atoms with Crippen LogP contribution in [0.15, 0.2) is 53.4 Å². The smallest absolute Gasteiger partial charge is 0.154 e.